The number of aryl methyl sites for hydroxylation is 2. The quantitative estimate of drug-likeness (QED) is 0.891. The van der Waals surface area contributed by atoms with E-state index in [1.165, 1.54) is 5.56 Å². The second-order valence-corrected chi connectivity index (χ2v) is 5.73. The van der Waals surface area contributed by atoms with Crippen molar-refractivity contribution in [1.29, 1.82) is 0 Å². The molecular formula is C17H24N4O. The van der Waals surface area contributed by atoms with Crippen LogP contribution in [0.2, 0.25) is 0 Å². The van der Waals surface area contributed by atoms with Crippen LogP contribution in [0.25, 0.3) is 5.69 Å². The smallest absolute Gasteiger partial charge is 0.241 e. The van der Waals surface area contributed by atoms with Crippen LogP contribution in [0.5, 0.6) is 0 Å². The molecule has 5 nitrogen and oxygen atoms in total. The summed E-state index contributed by atoms with van der Waals surface area (Å²) in [6.45, 7) is 8.05. The lowest BCUT2D eigenvalue weighted by Gasteiger charge is -2.12. The topological polar surface area (TPSA) is 72.9 Å². The molecule has 0 spiro atoms. The van der Waals surface area contributed by atoms with Crippen LogP contribution in [0.3, 0.4) is 0 Å². The average Bonchev–Trinajstić information content (AvgIpc) is 2.83. The average molecular weight is 300 g/mol. The van der Waals surface area contributed by atoms with Gasteiger partial charge >= 0.3 is 0 Å². The zero-order valence-electron chi connectivity index (χ0n) is 13.7. The molecule has 0 radical (unpaired) electrons. The Morgan fingerprint density at radius 3 is 2.77 bits per heavy atom. The van der Waals surface area contributed by atoms with E-state index < -0.39 is 6.04 Å². The molecule has 3 N–H and O–H groups in total. The first-order valence-electron chi connectivity index (χ1n) is 7.62. The van der Waals surface area contributed by atoms with Crippen molar-refractivity contribution < 1.29 is 4.79 Å². The number of carbonyl (C=O) groups is 1. The van der Waals surface area contributed by atoms with E-state index >= 15 is 0 Å². The van der Waals surface area contributed by atoms with Crippen LogP contribution >= 0.6 is 0 Å². The SMILES string of the molecule is CCCC(N)C(=O)Nc1cnn(-c2cc(C)ccc2C)c1C. The van der Waals surface area contributed by atoms with Crippen LogP contribution in [-0.4, -0.2) is 21.7 Å². The van der Waals surface area contributed by atoms with Gasteiger partial charge < -0.3 is 11.1 Å². The van der Waals surface area contributed by atoms with E-state index in [1.54, 1.807) is 6.20 Å². The number of amides is 1. The van der Waals surface area contributed by atoms with E-state index in [9.17, 15) is 4.79 Å². The van der Waals surface area contributed by atoms with Gasteiger partial charge in [0, 0.05) is 0 Å². The van der Waals surface area contributed by atoms with E-state index in [4.69, 9.17) is 5.73 Å². The fourth-order valence-corrected chi connectivity index (χ4v) is 2.39. The van der Waals surface area contributed by atoms with Gasteiger partial charge in [0.25, 0.3) is 0 Å². The first-order valence-corrected chi connectivity index (χ1v) is 7.62. The van der Waals surface area contributed by atoms with E-state index in [1.807, 2.05) is 32.4 Å². The maximum atomic E-state index is 12.0. The fourth-order valence-electron chi connectivity index (χ4n) is 2.39. The molecule has 0 bridgehead atoms. The van der Waals surface area contributed by atoms with Gasteiger partial charge in [-0.25, -0.2) is 4.68 Å². The minimum atomic E-state index is -0.478. The maximum Gasteiger partial charge on any atom is 0.241 e. The molecule has 1 aromatic carbocycles. The second kappa shape index (κ2) is 6.75. The maximum absolute atomic E-state index is 12.0. The van der Waals surface area contributed by atoms with Gasteiger partial charge in [-0.05, 0) is 44.4 Å². The first kappa shape index (κ1) is 16.2. The molecule has 5 heteroatoms. The minimum Gasteiger partial charge on any atom is -0.322 e. The third kappa shape index (κ3) is 3.36. The van der Waals surface area contributed by atoms with Crippen LogP contribution < -0.4 is 11.1 Å². The molecular weight excluding hydrogens is 276 g/mol. The molecule has 0 aliphatic heterocycles. The van der Waals surface area contributed by atoms with Crippen molar-refractivity contribution in [3.8, 4) is 5.69 Å². The Morgan fingerprint density at radius 1 is 1.36 bits per heavy atom. The van der Waals surface area contributed by atoms with Gasteiger partial charge in [0.2, 0.25) is 5.91 Å². The lowest BCUT2D eigenvalue weighted by Crippen LogP contribution is -2.35. The van der Waals surface area contributed by atoms with Crippen LogP contribution in [0.15, 0.2) is 24.4 Å². The Hall–Kier alpha value is -2.14. The third-order valence-electron chi connectivity index (χ3n) is 3.80. The largest absolute Gasteiger partial charge is 0.322 e. The Kier molecular flexibility index (Phi) is 4.98. The summed E-state index contributed by atoms with van der Waals surface area (Å²) in [5, 5.41) is 7.28. The standard InChI is InChI=1S/C17H24N4O/c1-5-6-14(18)17(22)20-15-10-19-21(13(15)4)16-9-11(2)7-8-12(16)3/h7-10,14H,5-6,18H2,1-4H3,(H,20,22). The normalized spacial score (nSPS) is 12.2. The molecule has 22 heavy (non-hydrogen) atoms. The summed E-state index contributed by atoms with van der Waals surface area (Å²) < 4.78 is 1.85. The van der Waals surface area contributed by atoms with Gasteiger partial charge in [0.1, 0.15) is 0 Å². The Bertz CT molecular complexity index is 675. The Balaban J connectivity index is 2.26. The molecule has 2 aromatic rings. The van der Waals surface area contributed by atoms with Gasteiger partial charge in [-0.2, -0.15) is 5.10 Å². The van der Waals surface area contributed by atoms with Crippen molar-refractivity contribution in [1.82, 2.24) is 9.78 Å². The van der Waals surface area contributed by atoms with Crippen LogP contribution in [-0.2, 0) is 4.79 Å². The lowest BCUT2D eigenvalue weighted by atomic mass is 10.1. The summed E-state index contributed by atoms with van der Waals surface area (Å²) in [7, 11) is 0. The Morgan fingerprint density at radius 2 is 2.09 bits per heavy atom. The number of anilines is 1. The number of carbonyl (C=O) groups excluding carboxylic acids is 1. The number of hydrogen-bond donors (Lipinski definition) is 2. The van der Waals surface area contributed by atoms with Crippen molar-refractivity contribution >= 4 is 11.6 Å². The molecule has 1 aromatic heterocycles. The molecule has 0 aliphatic carbocycles. The minimum absolute atomic E-state index is 0.162. The summed E-state index contributed by atoms with van der Waals surface area (Å²) in [5.74, 6) is -0.162. The van der Waals surface area contributed by atoms with Crippen LogP contribution in [0, 0.1) is 20.8 Å². The summed E-state index contributed by atoms with van der Waals surface area (Å²) in [5.41, 5.74) is 10.8. The number of benzene rings is 1. The van der Waals surface area contributed by atoms with E-state index in [-0.39, 0.29) is 5.91 Å². The molecule has 0 saturated heterocycles. The third-order valence-corrected chi connectivity index (χ3v) is 3.80. The number of nitrogens with two attached hydrogens (primary N) is 1. The summed E-state index contributed by atoms with van der Waals surface area (Å²) in [4.78, 5) is 12.0. The molecule has 0 fully saturated rings. The highest BCUT2D eigenvalue weighted by molar-refractivity contribution is 5.95. The molecule has 1 amide bonds. The Labute approximate surface area is 131 Å². The number of aromatic nitrogens is 2. The van der Waals surface area contributed by atoms with Gasteiger partial charge in [-0.1, -0.05) is 25.5 Å². The predicted octanol–water partition coefficient (Wildman–Crippen LogP) is 2.86. The van der Waals surface area contributed by atoms with E-state index in [0.29, 0.717) is 12.1 Å². The van der Waals surface area contributed by atoms with Crippen LogP contribution in [0.1, 0.15) is 36.6 Å². The molecule has 0 aliphatic rings. The van der Waals surface area contributed by atoms with E-state index in [2.05, 4.69) is 28.6 Å². The predicted molar refractivity (Wildman–Crippen MR) is 89.3 cm³/mol. The zero-order chi connectivity index (χ0) is 16.3. The van der Waals surface area contributed by atoms with Crippen molar-refractivity contribution in [3.05, 3.63) is 41.2 Å². The summed E-state index contributed by atoms with van der Waals surface area (Å²) >= 11 is 0. The van der Waals surface area contributed by atoms with Crippen molar-refractivity contribution in [3.63, 3.8) is 0 Å². The summed E-state index contributed by atoms with van der Waals surface area (Å²) in [6, 6.07) is 5.75. The van der Waals surface area contributed by atoms with Gasteiger partial charge in [-0.3, -0.25) is 4.79 Å². The highest BCUT2D eigenvalue weighted by Gasteiger charge is 2.16. The first-order chi connectivity index (χ1) is 10.4. The van der Waals surface area contributed by atoms with Gasteiger partial charge in [0.05, 0.1) is 29.3 Å². The monoisotopic (exact) mass is 300 g/mol. The van der Waals surface area contributed by atoms with Crippen molar-refractivity contribution in [2.45, 2.75) is 46.6 Å². The van der Waals surface area contributed by atoms with Crippen molar-refractivity contribution in [2.75, 3.05) is 5.32 Å². The number of nitrogens with one attached hydrogen (secondary N) is 1. The highest BCUT2D eigenvalue weighted by Crippen LogP contribution is 2.22. The molecule has 2 rings (SSSR count). The molecule has 0 saturated carbocycles. The zero-order valence-corrected chi connectivity index (χ0v) is 13.7. The molecule has 1 atom stereocenters. The molecule has 118 valence electrons. The molecule has 1 heterocycles. The van der Waals surface area contributed by atoms with E-state index in [0.717, 1.165) is 23.4 Å². The van der Waals surface area contributed by atoms with Crippen LogP contribution in [0.4, 0.5) is 5.69 Å². The molecule has 1 unspecified atom stereocenters. The number of nitrogens with zero attached hydrogens (tertiary/aromatic N) is 2. The highest BCUT2D eigenvalue weighted by atomic mass is 16.2. The fraction of sp³-hybridized carbons (Fsp3) is 0.412. The van der Waals surface area contributed by atoms with Crippen molar-refractivity contribution in [2.24, 2.45) is 5.73 Å². The van der Waals surface area contributed by atoms with Gasteiger partial charge in [0.15, 0.2) is 0 Å². The summed E-state index contributed by atoms with van der Waals surface area (Å²) in [6.07, 6.45) is 3.24. The second-order valence-electron chi connectivity index (χ2n) is 5.73. The van der Waals surface area contributed by atoms with Gasteiger partial charge in [-0.15, -0.1) is 0 Å². The lowest BCUT2D eigenvalue weighted by molar-refractivity contribution is -0.117. The number of hydrogen-bond acceptors (Lipinski definition) is 3. The number of rotatable bonds is 5.